The van der Waals surface area contributed by atoms with Crippen LogP contribution in [0.1, 0.15) is 11.3 Å². The lowest BCUT2D eigenvalue weighted by Gasteiger charge is -1.98. The van der Waals surface area contributed by atoms with Crippen LogP contribution in [0.4, 0.5) is 0 Å². The molecule has 0 fully saturated rings. The molecule has 0 amide bonds. The highest BCUT2D eigenvalue weighted by Gasteiger charge is 1.98. The Morgan fingerprint density at radius 3 is 2.38 bits per heavy atom. The minimum atomic E-state index is 0.806. The third-order valence-electron chi connectivity index (χ3n) is 1.82. The first-order valence-electron chi connectivity index (χ1n) is 4.14. The van der Waals surface area contributed by atoms with Crippen LogP contribution in [0.25, 0.3) is 5.69 Å². The zero-order valence-corrected chi connectivity index (χ0v) is 7.65. The fourth-order valence-corrected chi connectivity index (χ4v) is 1.10. The van der Waals surface area contributed by atoms with Crippen molar-refractivity contribution >= 4 is 0 Å². The Bertz CT molecular complexity index is 400. The van der Waals surface area contributed by atoms with E-state index in [2.05, 4.69) is 23.3 Å². The SMILES string of the molecule is Cc1ccc(-n2n[c]c(C)n2)cc1. The van der Waals surface area contributed by atoms with Crippen molar-refractivity contribution in [1.29, 1.82) is 0 Å². The zero-order chi connectivity index (χ0) is 9.26. The second-order valence-electron chi connectivity index (χ2n) is 3.02. The normalized spacial score (nSPS) is 10.3. The van der Waals surface area contributed by atoms with E-state index >= 15 is 0 Å². The summed E-state index contributed by atoms with van der Waals surface area (Å²) in [5, 5.41) is 8.16. The van der Waals surface area contributed by atoms with E-state index in [1.807, 2.05) is 31.2 Å². The van der Waals surface area contributed by atoms with E-state index in [-0.39, 0.29) is 0 Å². The van der Waals surface area contributed by atoms with Gasteiger partial charge in [0.2, 0.25) is 0 Å². The van der Waals surface area contributed by atoms with Gasteiger partial charge in [-0.2, -0.15) is 9.90 Å². The molecule has 0 spiro atoms. The van der Waals surface area contributed by atoms with Gasteiger partial charge in [-0.3, -0.25) is 0 Å². The van der Waals surface area contributed by atoms with Crippen LogP contribution in [-0.2, 0) is 0 Å². The highest BCUT2D eigenvalue weighted by Crippen LogP contribution is 2.06. The Hall–Kier alpha value is -1.64. The molecule has 3 heteroatoms. The molecule has 0 saturated carbocycles. The third kappa shape index (κ3) is 1.59. The van der Waals surface area contributed by atoms with Crippen molar-refractivity contribution in [3.63, 3.8) is 0 Å². The van der Waals surface area contributed by atoms with Crippen molar-refractivity contribution in [1.82, 2.24) is 15.0 Å². The van der Waals surface area contributed by atoms with E-state index in [1.54, 1.807) is 4.80 Å². The summed E-state index contributed by atoms with van der Waals surface area (Å²) >= 11 is 0. The first kappa shape index (κ1) is 7.98. The molecule has 0 bridgehead atoms. The Labute approximate surface area is 77.0 Å². The van der Waals surface area contributed by atoms with Gasteiger partial charge in [-0.1, -0.05) is 17.7 Å². The summed E-state index contributed by atoms with van der Waals surface area (Å²) in [4.78, 5) is 1.58. The molecule has 0 atom stereocenters. The van der Waals surface area contributed by atoms with E-state index in [1.165, 1.54) is 5.56 Å². The number of nitrogens with zero attached hydrogens (tertiary/aromatic N) is 3. The number of hydrogen-bond donors (Lipinski definition) is 0. The molecule has 1 aromatic carbocycles. The summed E-state index contributed by atoms with van der Waals surface area (Å²) in [6.45, 7) is 3.93. The standard InChI is InChI=1S/C10H10N3/c1-8-3-5-10(6-4-8)13-11-7-9(2)12-13/h3-6H,1-2H3. The number of benzene rings is 1. The lowest BCUT2D eigenvalue weighted by atomic mass is 10.2. The molecule has 13 heavy (non-hydrogen) atoms. The summed E-state index contributed by atoms with van der Waals surface area (Å²) in [7, 11) is 0. The van der Waals surface area contributed by atoms with Gasteiger partial charge in [-0.05, 0) is 26.0 Å². The molecule has 0 unspecified atom stereocenters. The van der Waals surface area contributed by atoms with Gasteiger partial charge in [0.25, 0.3) is 0 Å². The first-order valence-corrected chi connectivity index (χ1v) is 4.14. The number of aryl methyl sites for hydroxylation is 2. The maximum atomic E-state index is 4.16. The molecule has 0 N–H and O–H groups in total. The summed E-state index contributed by atoms with van der Waals surface area (Å²) < 4.78 is 0. The second-order valence-corrected chi connectivity index (χ2v) is 3.02. The molecular weight excluding hydrogens is 162 g/mol. The maximum absolute atomic E-state index is 4.16. The molecule has 65 valence electrons. The fourth-order valence-electron chi connectivity index (χ4n) is 1.10. The van der Waals surface area contributed by atoms with Gasteiger partial charge in [0.15, 0.2) is 0 Å². The lowest BCUT2D eigenvalue weighted by Crippen LogP contribution is -1.98. The molecule has 0 aliphatic carbocycles. The number of aromatic nitrogens is 3. The van der Waals surface area contributed by atoms with Gasteiger partial charge in [0, 0.05) is 0 Å². The smallest absolute Gasteiger partial charge is 0.138 e. The molecule has 0 aliphatic rings. The van der Waals surface area contributed by atoms with Crippen molar-refractivity contribution in [2.24, 2.45) is 0 Å². The summed E-state index contributed by atoms with van der Waals surface area (Å²) in [5.74, 6) is 0. The minimum Gasteiger partial charge on any atom is -0.153 e. The largest absolute Gasteiger partial charge is 0.153 e. The molecule has 0 saturated heterocycles. The van der Waals surface area contributed by atoms with E-state index in [0.717, 1.165) is 11.4 Å². The van der Waals surface area contributed by atoms with Crippen molar-refractivity contribution in [2.45, 2.75) is 13.8 Å². The van der Waals surface area contributed by atoms with Gasteiger partial charge in [0.05, 0.1) is 11.4 Å². The van der Waals surface area contributed by atoms with E-state index in [0.29, 0.717) is 0 Å². The summed E-state index contributed by atoms with van der Waals surface area (Å²) in [6, 6.07) is 8.05. The van der Waals surface area contributed by atoms with Crippen LogP contribution in [-0.4, -0.2) is 15.0 Å². The lowest BCUT2D eigenvalue weighted by molar-refractivity contribution is 0.744. The van der Waals surface area contributed by atoms with Crippen LogP contribution in [0, 0.1) is 20.0 Å². The highest BCUT2D eigenvalue weighted by atomic mass is 15.5. The predicted octanol–water partition coefficient (Wildman–Crippen LogP) is 1.68. The zero-order valence-electron chi connectivity index (χ0n) is 7.65. The number of hydrogen-bond acceptors (Lipinski definition) is 2. The molecule has 1 aromatic heterocycles. The van der Waals surface area contributed by atoms with Crippen molar-refractivity contribution in [3.05, 3.63) is 41.7 Å². The van der Waals surface area contributed by atoms with Crippen LogP contribution >= 0.6 is 0 Å². The van der Waals surface area contributed by atoms with Crippen LogP contribution in [0.2, 0.25) is 0 Å². The monoisotopic (exact) mass is 172 g/mol. The van der Waals surface area contributed by atoms with Gasteiger partial charge in [0.1, 0.15) is 6.20 Å². The average molecular weight is 172 g/mol. The van der Waals surface area contributed by atoms with Crippen molar-refractivity contribution in [3.8, 4) is 5.69 Å². The molecular formula is C10H10N3. The molecule has 2 rings (SSSR count). The molecule has 0 aliphatic heterocycles. The Morgan fingerprint density at radius 1 is 1.15 bits per heavy atom. The Morgan fingerprint density at radius 2 is 1.85 bits per heavy atom. The molecule has 2 aromatic rings. The third-order valence-corrected chi connectivity index (χ3v) is 1.82. The van der Waals surface area contributed by atoms with Gasteiger partial charge >= 0.3 is 0 Å². The quantitative estimate of drug-likeness (QED) is 0.655. The Kier molecular flexibility index (Phi) is 1.85. The van der Waals surface area contributed by atoms with E-state index < -0.39 is 0 Å². The average Bonchev–Trinajstić information content (AvgIpc) is 2.53. The van der Waals surface area contributed by atoms with Gasteiger partial charge in [-0.25, -0.2) is 0 Å². The van der Waals surface area contributed by atoms with Crippen LogP contribution in [0.15, 0.2) is 24.3 Å². The topological polar surface area (TPSA) is 30.7 Å². The molecule has 1 radical (unpaired) electrons. The molecule has 1 heterocycles. The first-order chi connectivity index (χ1) is 6.25. The Balaban J connectivity index is 2.41. The van der Waals surface area contributed by atoms with Crippen molar-refractivity contribution < 1.29 is 0 Å². The van der Waals surface area contributed by atoms with E-state index in [4.69, 9.17) is 0 Å². The fraction of sp³-hybridized carbons (Fsp3) is 0.200. The minimum absolute atomic E-state index is 0.806. The number of rotatable bonds is 1. The van der Waals surface area contributed by atoms with Crippen molar-refractivity contribution in [2.75, 3.05) is 0 Å². The summed E-state index contributed by atoms with van der Waals surface area (Å²) in [6.07, 6.45) is 2.78. The maximum Gasteiger partial charge on any atom is 0.138 e. The van der Waals surface area contributed by atoms with Gasteiger partial charge < -0.3 is 0 Å². The van der Waals surface area contributed by atoms with Crippen LogP contribution in [0.5, 0.6) is 0 Å². The van der Waals surface area contributed by atoms with Crippen LogP contribution < -0.4 is 0 Å². The van der Waals surface area contributed by atoms with Crippen LogP contribution in [0.3, 0.4) is 0 Å². The highest BCUT2D eigenvalue weighted by molar-refractivity contribution is 5.31. The van der Waals surface area contributed by atoms with E-state index in [9.17, 15) is 0 Å². The molecule has 3 nitrogen and oxygen atoms in total. The summed E-state index contributed by atoms with van der Waals surface area (Å²) in [5.41, 5.74) is 3.01. The van der Waals surface area contributed by atoms with Gasteiger partial charge in [-0.15, -0.1) is 5.10 Å². The predicted molar refractivity (Wildman–Crippen MR) is 49.7 cm³/mol. The second kappa shape index (κ2) is 3.01.